The third-order valence-corrected chi connectivity index (χ3v) is 2.26. The topological polar surface area (TPSA) is 82.9 Å². The maximum Gasteiger partial charge on any atom is 0.182 e. The number of anilines is 2. The molecule has 1 N–H and O–H groups in total. The highest BCUT2D eigenvalue weighted by Gasteiger charge is 2.12. The fourth-order valence-electron chi connectivity index (χ4n) is 1.48. The SMILES string of the molecule is CCn1nnc(Nc2ccccc2)c1C(=O)[O-]. The molecule has 1 aromatic heterocycles. The van der Waals surface area contributed by atoms with Crippen LogP contribution >= 0.6 is 0 Å². The number of benzene rings is 1. The third kappa shape index (κ3) is 2.25. The maximum absolute atomic E-state index is 11.0. The van der Waals surface area contributed by atoms with Crippen molar-refractivity contribution in [1.82, 2.24) is 15.0 Å². The molecular formula is C11H11N4O2-. The molecule has 88 valence electrons. The average Bonchev–Trinajstić information content (AvgIpc) is 2.73. The number of aromatic carboxylic acids is 1. The second kappa shape index (κ2) is 4.65. The van der Waals surface area contributed by atoms with Gasteiger partial charge in [-0.15, -0.1) is 5.10 Å². The molecule has 0 atom stereocenters. The summed E-state index contributed by atoms with van der Waals surface area (Å²) in [4.78, 5) is 11.0. The molecule has 6 nitrogen and oxygen atoms in total. The van der Waals surface area contributed by atoms with Gasteiger partial charge in [0.05, 0.1) is 5.97 Å². The van der Waals surface area contributed by atoms with Crippen molar-refractivity contribution >= 4 is 17.5 Å². The van der Waals surface area contributed by atoms with Crippen molar-refractivity contribution in [2.24, 2.45) is 0 Å². The molecule has 0 saturated heterocycles. The van der Waals surface area contributed by atoms with Gasteiger partial charge in [0.15, 0.2) is 5.82 Å². The second-order valence-corrected chi connectivity index (χ2v) is 3.38. The summed E-state index contributed by atoms with van der Waals surface area (Å²) in [5.74, 6) is -1.10. The van der Waals surface area contributed by atoms with Crippen molar-refractivity contribution < 1.29 is 9.90 Å². The van der Waals surface area contributed by atoms with Gasteiger partial charge in [-0.25, -0.2) is 4.68 Å². The summed E-state index contributed by atoms with van der Waals surface area (Å²) < 4.78 is 1.28. The predicted molar refractivity (Wildman–Crippen MR) is 59.8 cm³/mol. The Bertz CT molecular complexity index is 522. The third-order valence-electron chi connectivity index (χ3n) is 2.26. The standard InChI is InChI=1S/C11H12N4O2/c1-2-15-9(11(16)17)10(13-14-15)12-8-6-4-3-5-7-8/h3-7,12H,2H2,1H3,(H,16,17)/p-1. The minimum absolute atomic E-state index is 0.0450. The first-order chi connectivity index (χ1) is 8.22. The van der Waals surface area contributed by atoms with Gasteiger partial charge in [0, 0.05) is 12.2 Å². The number of carboxylic acid groups (broad SMARTS) is 1. The van der Waals surface area contributed by atoms with E-state index in [1.54, 1.807) is 6.92 Å². The summed E-state index contributed by atoms with van der Waals surface area (Å²) in [7, 11) is 0. The summed E-state index contributed by atoms with van der Waals surface area (Å²) in [5, 5.41) is 21.4. The molecule has 0 amide bonds. The van der Waals surface area contributed by atoms with E-state index in [1.165, 1.54) is 4.68 Å². The molecule has 0 radical (unpaired) electrons. The Labute approximate surface area is 97.9 Å². The number of carbonyl (C=O) groups excluding carboxylic acids is 1. The van der Waals surface area contributed by atoms with E-state index in [4.69, 9.17) is 0 Å². The molecule has 2 aromatic rings. The van der Waals surface area contributed by atoms with E-state index in [2.05, 4.69) is 15.6 Å². The number of carbonyl (C=O) groups is 1. The molecule has 0 aliphatic heterocycles. The number of aryl methyl sites for hydroxylation is 1. The normalized spacial score (nSPS) is 10.2. The van der Waals surface area contributed by atoms with Crippen LogP contribution in [0.5, 0.6) is 0 Å². The molecule has 0 unspecified atom stereocenters. The minimum Gasteiger partial charge on any atom is -0.543 e. The lowest BCUT2D eigenvalue weighted by Gasteiger charge is -2.08. The molecule has 0 bridgehead atoms. The first-order valence-corrected chi connectivity index (χ1v) is 5.19. The van der Waals surface area contributed by atoms with Gasteiger partial charge >= 0.3 is 0 Å². The minimum atomic E-state index is -1.30. The van der Waals surface area contributed by atoms with Crippen LogP contribution in [-0.2, 0) is 6.54 Å². The predicted octanol–water partition coefficient (Wildman–Crippen LogP) is 0.405. The monoisotopic (exact) mass is 231 g/mol. The Morgan fingerprint density at radius 2 is 2.12 bits per heavy atom. The number of nitrogens with zero attached hydrogens (tertiary/aromatic N) is 3. The summed E-state index contributed by atoms with van der Waals surface area (Å²) in [6.45, 7) is 2.21. The van der Waals surface area contributed by atoms with E-state index in [9.17, 15) is 9.90 Å². The Balaban J connectivity index is 2.33. The number of hydrogen-bond donors (Lipinski definition) is 1. The van der Waals surface area contributed by atoms with Crippen LogP contribution in [0.3, 0.4) is 0 Å². The van der Waals surface area contributed by atoms with Crippen LogP contribution in [0.15, 0.2) is 30.3 Å². The summed E-state index contributed by atoms with van der Waals surface area (Å²) in [6.07, 6.45) is 0. The first kappa shape index (κ1) is 11.1. The molecule has 1 aromatic carbocycles. The fourth-order valence-corrected chi connectivity index (χ4v) is 1.48. The van der Waals surface area contributed by atoms with Crippen LogP contribution in [0.4, 0.5) is 11.5 Å². The molecule has 1 heterocycles. The Kier molecular flexibility index (Phi) is 3.04. The summed E-state index contributed by atoms with van der Waals surface area (Å²) >= 11 is 0. The Hall–Kier alpha value is -2.37. The molecule has 0 aliphatic rings. The molecule has 6 heteroatoms. The number of para-hydroxylation sites is 1. The lowest BCUT2D eigenvalue weighted by molar-refractivity contribution is -0.255. The summed E-state index contributed by atoms with van der Waals surface area (Å²) in [6, 6.07) is 9.17. The van der Waals surface area contributed by atoms with Crippen LogP contribution in [0.1, 0.15) is 17.4 Å². The zero-order valence-electron chi connectivity index (χ0n) is 9.25. The quantitative estimate of drug-likeness (QED) is 0.823. The lowest BCUT2D eigenvalue weighted by atomic mass is 10.3. The maximum atomic E-state index is 11.0. The van der Waals surface area contributed by atoms with Crippen molar-refractivity contribution in [3.05, 3.63) is 36.0 Å². The average molecular weight is 231 g/mol. The molecule has 0 spiro atoms. The first-order valence-electron chi connectivity index (χ1n) is 5.19. The Morgan fingerprint density at radius 1 is 1.41 bits per heavy atom. The number of aromatic nitrogens is 3. The molecule has 17 heavy (non-hydrogen) atoms. The van der Waals surface area contributed by atoms with E-state index in [0.29, 0.717) is 6.54 Å². The van der Waals surface area contributed by atoms with Crippen molar-refractivity contribution in [3.8, 4) is 0 Å². The Morgan fingerprint density at radius 3 is 2.71 bits per heavy atom. The van der Waals surface area contributed by atoms with Crippen LogP contribution in [0.2, 0.25) is 0 Å². The zero-order chi connectivity index (χ0) is 12.3. The lowest BCUT2D eigenvalue weighted by Crippen LogP contribution is -2.26. The van der Waals surface area contributed by atoms with E-state index in [-0.39, 0.29) is 11.5 Å². The van der Waals surface area contributed by atoms with Crippen LogP contribution in [0, 0.1) is 0 Å². The van der Waals surface area contributed by atoms with E-state index >= 15 is 0 Å². The van der Waals surface area contributed by atoms with Crippen molar-refractivity contribution in [2.75, 3.05) is 5.32 Å². The van der Waals surface area contributed by atoms with Gasteiger partial charge in [-0.05, 0) is 19.1 Å². The van der Waals surface area contributed by atoms with Gasteiger partial charge in [-0.1, -0.05) is 23.4 Å². The second-order valence-electron chi connectivity index (χ2n) is 3.38. The number of rotatable bonds is 4. The highest BCUT2D eigenvalue weighted by molar-refractivity contribution is 5.90. The van der Waals surface area contributed by atoms with Gasteiger partial charge < -0.3 is 15.2 Å². The molecular weight excluding hydrogens is 220 g/mol. The van der Waals surface area contributed by atoms with Gasteiger partial charge in [0.25, 0.3) is 0 Å². The largest absolute Gasteiger partial charge is 0.543 e. The zero-order valence-corrected chi connectivity index (χ0v) is 9.25. The van der Waals surface area contributed by atoms with E-state index in [0.717, 1.165) is 5.69 Å². The van der Waals surface area contributed by atoms with E-state index < -0.39 is 5.97 Å². The van der Waals surface area contributed by atoms with Crippen molar-refractivity contribution in [1.29, 1.82) is 0 Å². The van der Waals surface area contributed by atoms with E-state index in [1.807, 2.05) is 30.3 Å². The molecule has 0 fully saturated rings. The molecule has 2 rings (SSSR count). The molecule has 0 saturated carbocycles. The van der Waals surface area contributed by atoms with Gasteiger partial charge in [0.1, 0.15) is 5.69 Å². The van der Waals surface area contributed by atoms with Crippen LogP contribution < -0.4 is 10.4 Å². The van der Waals surface area contributed by atoms with Crippen LogP contribution in [0.25, 0.3) is 0 Å². The summed E-state index contributed by atoms with van der Waals surface area (Å²) in [5.41, 5.74) is 0.703. The highest BCUT2D eigenvalue weighted by Crippen LogP contribution is 2.17. The highest BCUT2D eigenvalue weighted by atomic mass is 16.4. The number of hydrogen-bond acceptors (Lipinski definition) is 5. The van der Waals surface area contributed by atoms with Gasteiger partial charge in [-0.2, -0.15) is 0 Å². The van der Waals surface area contributed by atoms with Crippen molar-refractivity contribution in [2.45, 2.75) is 13.5 Å². The fraction of sp³-hybridized carbons (Fsp3) is 0.182. The number of carboxylic acids is 1. The van der Waals surface area contributed by atoms with Gasteiger partial charge in [-0.3, -0.25) is 0 Å². The van der Waals surface area contributed by atoms with Crippen molar-refractivity contribution in [3.63, 3.8) is 0 Å². The smallest absolute Gasteiger partial charge is 0.182 e. The van der Waals surface area contributed by atoms with Gasteiger partial charge in [0.2, 0.25) is 0 Å². The number of nitrogens with one attached hydrogen (secondary N) is 1. The van der Waals surface area contributed by atoms with Crippen LogP contribution in [-0.4, -0.2) is 21.0 Å². The molecule has 0 aliphatic carbocycles.